The van der Waals surface area contributed by atoms with Crippen molar-refractivity contribution in [2.24, 2.45) is 0 Å². The van der Waals surface area contributed by atoms with Gasteiger partial charge in [0, 0.05) is 38.3 Å². The van der Waals surface area contributed by atoms with Gasteiger partial charge >= 0.3 is 0 Å². The number of aromatic nitrogens is 5. The van der Waals surface area contributed by atoms with Crippen molar-refractivity contribution in [2.75, 3.05) is 33.0 Å². The van der Waals surface area contributed by atoms with Crippen LogP contribution >= 0.6 is 0 Å². The van der Waals surface area contributed by atoms with Gasteiger partial charge in [-0.3, -0.25) is 14.6 Å². The van der Waals surface area contributed by atoms with Crippen molar-refractivity contribution in [3.05, 3.63) is 75.3 Å². The van der Waals surface area contributed by atoms with Crippen LogP contribution < -0.4 is 15.0 Å². The summed E-state index contributed by atoms with van der Waals surface area (Å²) in [6.45, 7) is 6.50. The van der Waals surface area contributed by atoms with Crippen LogP contribution in [0, 0.1) is 6.92 Å². The number of rotatable bonds is 6. The van der Waals surface area contributed by atoms with Gasteiger partial charge in [-0.05, 0) is 64.9 Å². The van der Waals surface area contributed by atoms with Crippen LogP contribution in [0.5, 0.6) is 11.5 Å². The maximum absolute atomic E-state index is 13.6. The Hall–Kier alpha value is -3.76. The third-order valence-corrected chi connectivity index (χ3v) is 8.46. The fourth-order valence-corrected chi connectivity index (χ4v) is 6.37. The number of hydrogen-bond donors (Lipinski definition) is 1. The van der Waals surface area contributed by atoms with Crippen LogP contribution in [0.3, 0.4) is 0 Å². The van der Waals surface area contributed by atoms with Gasteiger partial charge in [0.05, 0.1) is 11.6 Å². The van der Waals surface area contributed by atoms with Crippen LogP contribution in [0.15, 0.2) is 47.3 Å². The third-order valence-electron chi connectivity index (χ3n) is 8.46. The summed E-state index contributed by atoms with van der Waals surface area (Å²) in [6.07, 6.45) is 4.51. The molecule has 0 unspecified atom stereocenters. The van der Waals surface area contributed by atoms with Gasteiger partial charge in [-0.2, -0.15) is 0 Å². The Morgan fingerprint density at radius 2 is 1.85 bits per heavy atom. The van der Waals surface area contributed by atoms with E-state index in [9.17, 15) is 4.79 Å². The van der Waals surface area contributed by atoms with Gasteiger partial charge < -0.3 is 14.5 Å². The van der Waals surface area contributed by atoms with Gasteiger partial charge in [-0.1, -0.05) is 37.1 Å². The fraction of sp³-hybridized carbons (Fsp3) is 0.448. The van der Waals surface area contributed by atoms with Crippen LogP contribution in [0.1, 0.15) is 60.3 Å². The van der Waals surface area contributed by atoms with Gasteiger partial charge in [0.15, 0.2) is 17.3 Å². The Kier molecular flexibility index (Phi) is 6.28. The van der Waals surface area contributed by atoms with E-state index in [-0.39, 0.29) is 24.4 Å². The molecular weight excluding hydrogens is 494 g/mol. The van der Waals surface area contributed by atoms with Crippen molar-refractivity contribution in [1.29, 1.82) is 0 Å². The van der Waals surface area contributed by atoms with Crippen LogP contribution in [0.4, 0.5) is 0 Å². The van der Waals surface area contributed by atoms with E-state index >= 15 is 0 Å². The summed E-state index contributed by atoms with van der Waals surface area (Å²) >= 11 is 0. The second kappa shape index (κ2) is 10.1. The van der Waals surface area contributed by atoms with Gasteiger partial charge in [0.1, 0.15) is 6.04 Å². The molecule has 2 aromatic carbocycles. The molecule has 10 nitrogen and oxygen atoms in total. The maximum atomic E-state index is 13.6. The molecule has 1 atom stereocenters. The lowest BCUT2D eigenvalue weighted by molar-refractivity contribution is 0.0988. The third kappa shape index (κ3) is 4.57. The topological polar surface area (TPSA) is 101 Å². The minimum Gasteiger partial charge on any atom is -0.454 e. The first-order chi connectivity index (χ1) is 19.1. The van der Waals surface area contributed by atoms with Gasteiger partial charge in [-0.15, -0.1) is 5.10 Å². The molecule has 202 valence electrons. The van der Waals surface area contributed by atoms with E-state index < -0.39 is 0 Å². The zero-order valence-electron chi connectivity index (χ0n) is 22.2. The highest BCUT2D eigenvalue weighted by Gasteiger charge is 2.35. The summed E-state index contributed by atoms with van der Waals surface area (Å²) < 4.78 is 13.0. The standard InChI is InChI=1S/C29H33N7O3/c1-19-5-4-6-21-16-23(29(37)30-26(19)21)27(28-31-32-33-36(28)22-7-2-3-8-22)35-13-11-34(12-14-35)17-20-9-10-24-25(15-20)39-18-38-24/h4-6,9-10,15-16,22,27H,2-3,7-8,11-14,17-18H2,1H3,(H,30,37)/t27-/m1/s1. The first kappa shape index (κ1) is 24.3. The van der Waals surface area contributed by atoms with Gasteiger partial charge in [0.2, 0.25) is 6.79 Å². The Bertz CT molecular complexity index is 1550. The number of H-pyrrole nitrogens is 1. The lowest BCUT2D eigenvalue weighted by atomic mass is 10.0. The molecule has 4 aromatic rings. The quantitative estimate of drug-likeness (QED) is 0.406. The number of aryl methyl sites for hydroxylation is 1. The van der Waals surface area contributed by atoms with E-state index in [4.69, 9.17) is 9.47 Å². The highest BCUT2D eigenvalue weighted by atomic mass is 16.7. The molecule has 3 aliphatic rings. The van der Waals surface area contributed by atoms with Crippen molar-refractivity contribution in [2.45, 2.75) is 51.2 Å². The van der Waals surface area contributed by atoms with Crippen molar-refractivity contribution in [1.82, 2.24) is 35.0 Å². The highest BCUT2D eigenvalue weighted by molar-refractivity contribution is 5.82. The van der Waals surface area contributed by atoms with E-state index in [0.29, 0.717) is 5.56 Å². The first-order valence-electron chi connectivity index (χ1n) is 13.9. The molecule has 1 saturated carbocycles. The zero-order chi connectivity index (χ0) is 26.3. The smallest absolute Gasteiger partial charge is 0.253 e. The molecule has 39 heavy (non-hydrogen) atoms. The number of pyridine rings is 1. The molecule has 2 aliphatic heterocycles. The molecule has 0 bridgehead atoms. The number of hydrogen-bond acceptors (Lipinski definition) is 8. The summed E-state index contributed by atoms with van der Waals surface area (Å²) in [5.41, 5.74) is 3.77. The predicted molar refractivity (Wildman–Crippen MR) is 146 cm³/mol. The van der Waals surface area contributed by atoms with E-state index in [1.807, 2.05) is 35.9 Å². The van der Waals surface area contributed by atoms with Crippen LogP contribution in [0.2, 0.25) is 0 Å². The molecule has 4 heterocycles. The minimum absolute atomic E-state index is 0.0782. The number of piperazine rings is 1. The fourth-order valence-electron chi connectivity index (χ4n) is 6.37. The van der Waals surface area contributed by atoms with Crippen LogP contribution in [0.25, 0.3) is 10.9 Å². The number of benzene rings is 2. The minimum atomic E-state index is -0.318. The predicted octanol–water partition coefficient (Wildman–Crippen LogP) is 3.57. The van der Waals surface area contributed by atoms with Crippen LogP contribution in [-0.2, 0) is 6.54 Å². The first-order valence-corrected chi connectivity index (χ1v) is 13.9. The second-order valence-corrected chi connectivity index (χ2v) is 10.9. The molecule has 1 aliphatic carbocycles. The normalized spacial score (nSPS) is 19.2. The monoisotopic (exact) mass is 527 g/mol. The van der Waals surface area contributed by atoms with Crippen molar-refractivity contribution >= 4 is 10.9 Å². The molecule has 1 N–H and O–H groups in total. The number of para-hydroxylation sites is 1. The molecule has 0 amide bonds. The summed E-state index contributed by atoms with van der Waals surface area (Å²) in [4.78, 5) is 21.6. The molecule has 7 rings (SSSR count). The zero-order valence-corrected chi connectivity index (χ0v) is 22.2. The number of nitrogens with one attached hydrogen (secondary N) is 1. The van der Waals surface area contributed by atoms with E-state index in [1.165, 1.54) is 18.4 Å². The Morgan fingerprint density at radius 1 is 1.03 bits per heavy atom. The largest absolute Gasteiger partial charge is 0.454 e. The Morgan fingerprint density at radius 3 is 2.69 bits per heavy atom. The number of aromatic amines is 1. The van der Waals surface area contributed by atoms with Gasteiger partial charge in [-0.25, -0.2) is 4.68 Å². The van der Waals surface area contributed by atoms with E-state index in [2.05, 4.69) is 48.5 Å². The van der Waals surface area contributed by atoms with E-state index in [1.54, 1.807) is 0 Å². The molecule has 2 fully saturated rings. The van der Waals surface area contributed by atoms with Crippen molar-refractivity contribution < 1.29 is 9.47 Å². The van der Waals surface area contributed by atoms with Crippen molar-refractivity contribution in [3.8, 4) is 11.5 Å². The summed E-state index contributed by atoms with van der Waals surface area (Å²) in [6, 6.07) is 14.3. The highest BCUT2D eigenvalue weighted by Crippen LogP contribution is 2.35. The lowest BCUT2D eigenvalue weighted by Gasteiger charge is -2.39. The lowest BCUT2D eigenvalue weighted by Crippen LogP contribution is -2.48. The number of tetrazole rings is 1. The average Bonchev–Trinajstić information content (AvgIpc) is 3.73. The average molecular weight is 528 g/mol. The number of fused-ring (bicyclic) bond motifs is 2. The molecule has 10 heteroatoms. The maximum Gasteiger partial charge on any atom is 0.253 e. The SMILES string of the molecule is Cc1cccc2cc([C@H](c3nnnn3C3CCCC3)N3CCN(Cc4ccc5c(c4)OCO5)CC3)c(=O)[nH]c12. The summed E-state index contributed by atoms with van der Waals surface area (Å²) in [5, 5.41) is 14.1. The molecule has 1 saturated heterocycles. The van der Waals surface area contributed by atoms with Crippen molar-refractivity contribution in [3.63, 3.8) is 0 Å². The van der Waals surface area contributed by atoms with Gasteiger partial charge in [0.25, 0.3) is 5.56 Å². The number of ether oxygens (including phenoxy) is 2. The molecule has 0 radical (unpaired) electrons. The summed E-state index contributed by atoms with van der Waals surface area (Å²) in [7, 11) is 0. The Balaban J connectivity index is 1.19. The summed E-state index contributed by atoms with van der Waals surface area (Å²) in [5.74, 6) is 2.39. The number of nitrogens with zero attached hydrogens (tertiary/aromatic N) is 6. The molecular formula is C29H33N7O3. The molecule has 0 spiro atoms. The molecule has 2 aromatic heterocycles. The second-order valence-electron chi connectivity index (χ2n) is 10.9. The Labute approximate surface area is 226 Å². The van der Waals surface area contributed by atoms with E-state index in [0.717, 1.165) is 79.4 Å². The van der Waals surface area contributed by atoms with Crippen LogP contribution in [-0.4, -0.2) is 68.0 Å².